The molecule has 1 aromatic carbocycles. The molecule has 148 valence electrons. The molecule has 5 nitrogen and oxygen atoms in total. The number of hydrogen-bond donors (Lipinski definition) is 1. The van der Waals surface area contributed by atoms with Gasteiger partial charge in [0.2, 0.25) is 0 Å². The van der Waals surface area contributed by atoms with Gasteiger partial charge in [0.05, 0.1) is 5.56 Å². The molecule has 0 radical (unpaired) electrons. The van der Waals surface area contributed by atoms with Crippen LogP contribution >= 0.6 is 0 Å². The number of piperidine rings is 1. The summed E-state index contributed by atoms with van der Waals surface area (Å²) in [4.78, 5) is 18.6. The minimum Gasteiger partial charge on any atom is -0.337 e. The van der Waals surface area contributed by atoms with E-state index in [1.54, 1.807) is 11.1 Å². The number of alkyl halides is 3. The van der Waals surface area contributed by atoms with Crippen molar-refractivity contribution >= 4 is 12.1 Å². The molecule has 2 aliphatic heterocycles. The van der Waals surface area contributed by atoms with E-state index in [0.717, 1.165) is 23.9 Å². The molecule has 0 spiro atoms. The second-order valence-electron chi connectivity index (χ2n) is 7.05. The van der Waals surface area contributed by atoms with Crippen LogP contribution in [0.2, 0.25) is 0 Å². The molecule has 0 unspecified atom stereocenters. The van der Waals surface area contributed by atoms with Crippen molar-refractivity contribution in [2.45, 2.75) is 31.4 Å². The van der Waals surface area contributed by atoms with Gasteiger partial charge < -0.3 is 4.90 Å². The van der Waals surface area contributed by atoms with Crippen LogP contribution in [0.1, 0.15) is 51.6 Å². The second kappa shape index (κ2) is 7.03. The number of rotatable bonds is 2. The molecule has 0 saturated carbocycles. The van der Waals surface area contributed by atoms with Crippen LogP contribution in [-0.4, -0.2) is 46.9 Å². The van der Waals surface area contributed by atoms with Crippen LogP contribution < -0.4 is 0 Å². The van der Waals surface area contributed by atoms with E-state index in [1.807, 2.05) is 0 Å². The van der Waals surface area contributed by atoms with Gasteiger partial charge in [-0.15, -0.1) is 0 Å². The number of likely N-dealkylation sites (tertiary alicyclic amines) is 1. The number of halogens is 4. The summed E-state index contributed by atoms with van der Waals surface area (Å²) in [6, 6.07) is 2.58. The van der Waals surface area contributed by atoms with Gasteiger partial charge in [0, 0.05) is 43.5 Å². The predicted octanol–water partition coefficient (Wildman–Crippen LogP) is 3.56. The van der Waals surface area contributed by atoms with E-state index in [2.05, 4.69) is 15.2 Å². The Balaban J connectivity index is 1.50. The van der Waals surface area contributed by atoms with E-state index in [1.165, 1.54) is 0 Å². The fourth-order valence-corrected chi connectivity index (χ4v) is 3.88. The maximum Gasteiger partial charge on any atom is 0.416 e. The molecule has 1 saturated heterocycles. The first-order valence-electron chi connectivity index (χ1n) is 9.07. The van der Waals surface area contributed by atoms with Crippen LogP contribution in [0, 0.1) is 5.82 Å². The lowest BCUT2D eigenvalue weighted by molar-refractivity contribution is -0.138. The zero-order chi connectivity index (χ0) is 19.9. The minimum atomic E-state index is -4.54. The van der Waals surface area contributed by atoms with Crippen LogP contribution in [0.3, 0.4) is 0 Å². The van der Waals surface area contributed by atoms with E-state index in [-0.39, 0.29) is 24.6 Å². The third-order valence-electron chi connectivity index (χ3n) is 5.34. The standard InChI is InChI=1S/C19H18F4N4O/c20-12-1-2-15(19(21,22)23)13(9-12)11-4-7-27(8-5-11)18(28)17-14-10-24-6-3-16(14)25-26-17/h1-2,9-11H,3-8H2,(H,25,26). The number of aromatic amines is 1. The summed E-state index contributed by atoms with van der Waals surface area (Å²) in [6.45, 7) is 1.22. The van der Waals surface area contributed by atoms with Crippen LogP contribution in [0.4, 0.5) is 17.6 Å². The Morgan fingerprint density at radius 3 is 2.68 bits per heavy atom. The van der Waals surface area contributed by atoms with Crippen LogP contribution in [0.25, 0.3) is 0 Å². The van der Waals surface area contributed by atoms with Crippen molar-refractivity contribution in [3.63, 3.8) is 0 Å². The first-order chi connectivity index (χ1) is 13.3. The van der Waals surface area contributed by atoms with Crippen LogP contribution in [-0.2, 0) is 12.6 Å². The SMILES string of the molecule is O=C(c1n[nH]c2c1C=NCC2)N1CCC(c2cc(F)ccc2C(F)(F)F)CC1. The average molecular weight is 394 g/mol. The quantitative estimate of drug-likeness (QED) is 0.792. The summed E-state index contributed by atoms with van der Waals surface area (Å²) in [6.07, 6.45) is -1.56. The number of amides is 1. The lowest BCUT2D eigenvalue weighted by Gasteiger charge is -2.33. The number of fused-ring (bicyclic) bond motifs is 1. The van der Waals surface area contributed by atoms with Crippen molar-refractivity contribution in [2.75, 3.05) is 19.6 Å². The number of benzene rings is 1. The summed E-state index contributed by atoms with van der Waals surface area (Å²) in [7, 11) is 0. The molecular formula is C19H18F4N4O. The predicted molar refractivity (Wildman–Crippen MR) is 94.0 cm³/mol. The fourth-order valence-electron chi connectivity index (χ4n) is 3.88. The molecule has 0 aliphatic carbocycles. The average Bonchev–Trinajstić information content (AvgIpc) is 3.10. The van der Waals surface area contributed by atoms with Crippen LogP contribution in [0.15, 0.2) is 23.2 Å². The summed E-state index contributed by atoms with van der Waals surface area (Å²) >= 11 is 0. The van der Waals surface area contributed by atoms with E-state index in [0.29, 0.717) is 37.1 Å². The van der Waals surface area contributed by atoms with Crippen LogP contribution in [0.5, 0.6) is 0 Å². The molecule has 0 bridgehead atoms. The van der Waals surface area contributed by atoms with E-state index < -0.39 is 23.5 Å². The topological polar surface area (TPSA) is 61.4 Å². The first kappa shape index (κ1) is 18.6. The van der Waals surface area contributed by atoms with Gasteiger partial charge in [-0.05, 0) is 42.5 Å². The van der Waals surface area contributed by atoms with Crippen molar-refractivity contribution in [1.29, 1.82) is 0 Å². The number of carbonyl (C=O) groups excluding carboxylic acids is 1. The minimum absolute atomic E-state index is 0.0381. The van der Waals surface area contributed by atoms with Crippen molar-refractivity contribution in [3.05, 3.63) is 52.1 Å². The number of nitrogens with one attached hydrogen (secondary N) is 1. The number of carbonyl (C=O) groups is 1. The lowest BCUT2D eigenvalue weighted by atomic mass is 9.86. The van der Waals surface area contributed by atoms with Crippen molar-refractivity contribution in [3.8, 4) is 0 Å². The monoisotopic (exact) mass is 394 g/mol. The summed E-state index contributed by atoms with van der Waals surface area (Å²) < 4.78 is 53.4. The number of hydrogen-bond acceptors (Lipinski definition) is 3. The molecule has 2 aliphatic rings. The van der Waals surface area contributed by atoms with Gasteiger partial charge in [0.15, 0.2) is 5.69 Å². The maximum atomic E-state index is 13.6. The summed E-state index contributed by atoms with van der Waals surface area (Å²) in [5.74, 6) is -1.41. The zero-order valence-electron chi connectivity index (χ0n) is 14.9. The Kier molecular flexibility index (Phi) is 4.68. The third-order valence-corrected chi connectivity index (χ3v) is 5.34. The number of aromatic nitrogens is 2. The maximum absolute atomic E-state index is 13.6. The molecule has 3 heterocycles. The molecule has 28 heavy (non-hydrogen) atoms. The highest BCUT2D eigenvalue weighted by Crippen LogP contribution is 2.39. The van der Waals surface area contributed by atoms with E-state index >= 15 is 0 Å². The normalized spacial score (nSPS) is 17.6. The first-order valence-corrected chi connectivity index (χ1v) is 9.07. The lowest BCUT2D eigenvalue weighted by Crippen LogP contribution is -2.38. The van der Waals surface area contributed by atoms with Gasteiger partial charge in [-0.2, -0.15) is 18.3 Å². The van der Waals surface area contributed by atoms with Gasteiger partial charge in [0.25, 0.3) is 5.91 Å². The molecule has 4 rings (SSSR count). The van der Waals surface area contributed by atoms with Gasteiger partial charge in [-0.1, -0.05) is 0 Å². The van der Waals surface area contributed by atoms with Gasteiger partial charge in [-0.25, -0.2) is 4.39 Å². The Morgan fingerprint density at radius 2 is 1.96 bits per heavy atom. The number of nitrogens with zero attached hydrogens (tertiary/aromatic N) is 3. The molecule has 1 aromatic heterocycles. The summed E-state index contributed by atoms with van der Waals surface area (Å²) in [5.41, 5.74) is 0.990. The Hall–Kier alpha value is -2.71. The van der Waals surface area contributed by atoms with Crippen molar-refractivity contribution in [2.24, 2.45) is 4.99 Å². The van der Waals surface area contributed by atoms with Gasteiger partial charge in [0.1, 0.15) is 5.82 Å². The molecule has 9 heteroatoms. The Morgan fingerprint density at radius 1 is 1.21 bits per heavy atom. The smallest absolute Gasteiger partial charge is 0.337 e. The van der Waals surface area contributed by atoms with Crippen molar-refractivity contribution in [1.82, 2.24) is 15.1 Å². The molecule has 1 fully saturated rings. The Labute approximate surface area is 158 Å². The zero-order valence-corrected chi connectivity index (χ0v) is 14.9. The van der Waals surface area contributed by atoms with Gasteiger partial charge >= 0.3 is 6.18 Å². The molecule has 1 N–H and O–H groups in total. The highest BCUT2D eigenvalue weighted by Gasteiger charge is 2.37. The molecule has 2 aromatic rings. The highest BCUT2D eigenvalue weighted by atomic mass is 19.4. The highest BCUT2D eigenvalue weighted by molar-refractivity contribution is 6.01. The second-order valence-corrected chi connectivity index (χ2v) is 7.05. The Bertz CT molecular complexity index is 927. The molecule has 1 amide bonds. The largest absolute Gasteiger partial charge is 0.416 e. The number of aliphatic imine (C=N–C) groups is 1. The fraction of sp³-hybridized carbons (Fsp3) is 0.421. The molecule has 0 atom stereocenters. The number of H-pyrrole nitrogens is 1. The van der Waals surface area contributed by atoms with Gasteiger partial charge in [-0.3, -0.25) is 14.9 Å². The van der Waals surface area contributed by atoms with E-state index in [4.69, 9.17) is 0 Å². The summed E-state index contributed by atoms with van der Waals surface area (Å²) in [5, 5.41) is 6.96. The van der Waals surface area contributed by atoms with E-state index in [9.17, 15) is 22.4 Å². The molecular weight excluding hydrogens is 376 g/mol. The third kappa shape index (κ3) is 3.41. The van der Waals surface area contributed by atoms with Crippen molar-refractivity contribution < 1.29 is 22.4 Å².